The Morgan fingerprint density at radius 1 is 1.10 bits per heavy atom. The summed E-state index contributed by atoms with van der Waals surface area (Å²) >= 11 is 0. The minimum atomic E-state index is -0.397. The van der Waals surface area contributed by atoms with Gasteiger partial charge in [-0.15, -0.1) is 0 Å². The third-order valence-corrected chi connectivity index (χ3v) is 3.09. The van der Waals surface area contributed by atoms with Crippen LogP contribution in [-0.4, -0.2) is 11.0 Å². The van der Waals surface area contributed by atoms with Gasteiger partial charge in [-0.3, -0.25) is 0 Å². The van der Waals surface area contributed by atoms with E-state index in [0.717, 1.165) is 16.5 Å². The monoisotopic (exact) mass is 269 g/mol. The van der Waals surface area contributed by atoms with Gasteiger partial charge in [0.1, 0.15) is 12.4 Å². The Labute approximate surface area is 115 Å². The summed E-state index contributed by atoms with van der Waals surface area (Å²) in [6.07, 6.45) is 1.64. The van der Waals surface area contributed by atoms with Crippen molar-refractivity contribution >= 4 is 16.9 Å². The van der Waals surface area contributed by atoms with E-state index >= 15 is 0 Å². The maximum absolute atomic E-state index is 12.8. The van der Waals surface area contributed by atoms with E-state index in [1.54, 1.807) is 18.3 Å². The Bertz CT molecular complexity index is 747. The number of fused-ring (bicyclic) bond motifs is 1. The number of hydrogen-bond acceptors (Lipinski definition) is 2. The number of esters is 1. The third kappa shape index (κ3) is 2.40. The predicted molar refractivity (Wildman–Crippen MR) is 73.8 cm³/mol. The molecular weight excluding hydrogens is 257 g/mol. The molecule has 0 atom stereocenters. The van der Waals surface area contributed by atoms with Gasteiger partial charge in [0, 0.05) is 17.1 Å². The summed E-state index contributed by atoms with van der Waals surface area (Å²) in [7, 11) is 0. The molecule has 1 N–H and O–H groups in total. The Morgan fingerprint density at radius 3 is 2.65 bits per heavy atom. The number of rotatable bonds is 3. The highest BCUT2D eigenvalue weighted by Gasteiger charge is 2.12. The van der Waals surface area contributed by atoms with Crippen LogP contribution in [0.1, 0.15) is 15.9 Å². The van der Waals surface area contributed by atoms with E-state index in [2.05, 4.69) is 4.98 Å². The number of ether oxygens (including phenoxy) is 1. The summed E-state index contributed by atoms with van der Waals surface area (Å²) in [5.41, 5.74) is 2.14. The van der Waals surface area contributed by atoms with Crippen molar-refractivity contribution in [2.24, 2.45) is 0 Å². The van der Waals surface area contributed by atoms with E-state index in [0.29, 0.717) is 5.56 Å². The molecule has 1 aromatic heterocycles. The molecule has 3 rings (SSSR count). The lowest BCUT2D eigenvalue weighted by atomic mass is 10.2. The zero-order valence-electron chi connectivity index (χ0n) is 10.6. The number of H-pyrrole nitrogens is 1. The van der Waals surface area contributed by atoms with E-state index in [1.165, 1.54) is 12.1 Å². The van der Waals surface area contributed by atoms with E-state index in [9.17, 15) is 9.18 Å². The number of benzene rings is 2. The zero-order chi connectivity index (χ0) is 13.9. The molecule has 0 amide bonds. The van der Waals surface area contributed by atoms with Gasteiger partial charge < -0.3 is 9.72 Å². The van der Waals surface area contributed by atoms with E-state index in [1.807, 2.05) is 24.3 Å². The van der Waals surface area contributed by atoms with Crippen molar-refractivity contribution in [3.05, 3.63) is 71.7 Å². The molecule has 20 heavy (non-hydrogen) atoms. The van der Waals surface area contributed by atoms with Crippen molar-refractivity contribution in [3.8, 4) is 0 Å². The molecule has 0 unspecified atom stereocenters. The van der Waals surface area contributed by atoms with Gasteiger partial charge >= 0.3 is 5.97 Å². The van der Waals surface area contributed by atoms with Gasteiger partial charge in [0.25, 0.3) is 0 Å². The smallest absolute Gasteiger partial charge is 0.340 e. The largest absolute Gasteiger partial charge is 0.457 e. The van der Waals surface area contributed by atoms with Gasteiger partial charge in [0.15, 0.2) is 0 Å². The van der Waals surface area contributed by atoms with E-state index in [-0.39, 0.29) is 12.4 Å². The van der Waals surface area contributed by atoms with Crippen molar-refractivity contribution in [2.75, 3.05) is 0 Å². The van der Waals surface area contributed by atoms with Gasteiger partial charge in [-0.05, 0) is 23.8 Å². The fourth-order valence-corrected chi connectivity index (χ4v) is 2.05. The summed E-state index contributed by atoms with van der Waals surface area (Å²) in [5, 5.41) is 0.830. The molecule has 0 saturated carbocycles. The number of aromatic nitrogens is 1. The van der Waals surface area contributed by atoms with Crippen molar-refractivity contribution in [2.45, 2.75) is 6.61 Å². The maximum atomic E-state index is 12.8. The highest BCUT2D eigenvalue weighted by molar-refractivity contribution is 6.03. The number of carbonyl (C=O) groups excluding carboxylic acids is 1. The Morgan fingerprint density at radius 2 is 1.85 bits per heavy atom. The lowest BCUT2D eigenvalue weighted by molar-refractivity contribution is 0.0475. The average Bonchev–Trinajstić information content (AvgIpc) is 2.90. The summed E-state index contributed by atoms with van der Waals surface area (Å²) in [6, 6.07) is 13.4. The van der Waals surface area contributed by atoms with Crippen LogP contribution in [0.25, 0.3) is 10.9 Å². The molecule has 1 heterocycles. The van der Waals surface area contributed by atoms with Crippen LogP contribution in [0.3, 0.4) is 0 Å². The Balaban J connectivity index is 1.75. The predicted octanol–water partition coefficient (Wildman–Crippen LogP) is 3.66. The van der Waals surface area contributed by atoms with E-state index < -0.39 is 5.97 Å². The summed E-state index contributed by atoms with van der Waals surface area (Å²) in [4.78, 5) is 15.1. The van der Waals surface area contributed by atoms with Gasteiger partial charge in [0.2, 0.25) is 0 Å². The molecule has 4 heteroatoms. The number of para-hydroxylation sites is 1. The summed E-state index contributed by atoms with van der Waals surface area (Å²) in [6.45, 7) is 0.124. The molecule has 3 aromatic rings. The van der Waals surface area contributed by atoms with Gasteiger partial charge in [-0.2, -0.15) is 0 Å². The van der Waals surface area contributed by atoms with Crippen LogP contribution in [0.2, 0.25) is 0 Å². The van der Waals surface area contributed by atoms with Crippen molar-refractivity contribution in [1.82, 2.24) is 4.98 Å². The first-order valence-corrected chi connectivity index (χ1v) is 6.22. The first-order chi connectivity index (χ1) is 9.74. The number of hydrogen-bond donors (Lipinski definition) is 1. The molecule has 0 aliphatic rings. The van der Waals surface area contributed by atoms with Crippen molar-refractivity contribution in [1.29, 1.82) is 0 Å². The number of aromatic amines is 1. The van der Waals surface area contributed by atoms with Crippen LogP contribution in [0.15, 0.2) is 54.7 Å². The molecule has 2 aromatic carbocycles. The average molecular weight is 269 g/mol. The van der Waals surface area contributed by atoms with Gasteiger partial charge in [-0.1, -0.05) is 30.3 Å². The first-order valence-electron chi connectivity index (χ1n) is 6.22. The van der Waals surface area contributed by atoms with Crippen LogP contribution < -0.4 is 0 Å². The normalized spacial score (nSPS) is 10.7. The molecule has 0 bridgehead atoms. The summed E-state index contributed by atoms with van der Waals surface area (Å²) < 4.78 is 18.0. The minimum absolute atomic E-state index is 0.124. The van der Waals surface area contributed by atoms with Crippen molar-refractivity contribution in [3.63, 3.8) is 0 Å². The van der Waals surface area contributed by atoms with Crippen LogP contribution in [0.4, 0.5) is 4.39 Å². The minimum Gasteiger partial charge on any atom is -0.457 e. The molecule has 100 valence electrons. The summed E-state index contributed by atoms with van der Waals surface area (Å²) in [5.74, 6) is -0.705. The van der Waals surface area contributed by atoms with E-state index in [4.69, 9.17) is 4.74 Å². The molecule has 0 radical (unpaired) electrons. The van der Waals surface area contributed by atoms with Crippen LogP contribution in [0, 0.1) is 5.82 Å². The molecule has 0 fully saturated rings. The van der Waals surface area contributed by atoms with Gasteiger partial charge in [0.05, 0.1) is 5.56 Å². The fourth-order valence-electron chi connectivity index (χ4n) is 2.05. The standard InChI is InChI=1S/C16H12FNO2/c17-12-7-5-11(6-8-12)10-20-16(19)14-9-18-15-4-2-1-3-13(14)15/h1-9,18H,10H2. The highest BCUT2D eigenvalue weighted by Crippen LogP contribution is 2.19. The first kappa shape index (κ1) is 12.4. The molecular formula is C16H12FNO2. The van der Waals surface area contributed by atoms with Crippen molar-refractivity contribution < 1.29 is 13.9 Å². The highest BCUT2D eigenvalue weighted by atomic mass is 19.1. The van der Waals surface area contributed by atoms with Crippen LogP contribution in [0.5, 0.6) is 0 Å². The Kier molecular flexibility index (Phi) is 3.21. The number of halogens is 1. The second-order valence-electron chi connectivity index (χ2n) is 4.45. The van der Waals surface area contributed by atoms with Gasteiger partial charge in [-0.25, -0.2) is 9.18 Å². The second-order valence-corrected chi connectivity index (χ2v) is 4.45. The Hall–Kier alpha value is -2.62. The zero-order valence-corrected chi connectivity index (χ0v) is 10.6. The molecule has 0 aliphatic carbocycles. The van der Waals surface area contributed by atoms with Crippen LogP contribution >= 0.6 is 0 Å². The number of nitrogens with one attached hydrogen (secondary N) is 1. The molecule has 0 spiro atoms. The fraction of sp³-hybridized carbons (Fsp3) is 0.0625. The second kappa shape index (κ2) is 5.17. The topological polar surface area (TPSA) is 42.1 Å². The SMILES string of the molecule is O=C(OCc1ccc(F)cc1)c1c[nH]c2ccccc12. The maximum Gasteiger partial charge on any atom is 0.340 e. The lowest BCUT2D eigenvalue weighted by Gasteiger charge is -2.04. The molecule has 0 aliphatic heterocycles. The molecule has 0 saturated heterocycles. The number of carbonyl (C=O) groups is 1. The third-order valence-electron chi connectivity index (χ3n) is 3.09. The molecule has 3 nitrogen and oxygen atoms in total. The quantitative estimate of drug-likeness (QED) is 0.737. The van der Waals surface area contributed by atoms with Crippen LogP contribution in [-0.2, 0) is 11.3 Å². The lowest BCUT2D eigenvalue weighted by Crippen LogP contribution is -2.04.